The molecule has 8 heteroatoms. The Bertz CT molecular complexity index is 829. The first-order valence-corrected chi connectivity index (χ1v) is 8.96. The Labute approximate surface area is 150 Å². The zero-order valence-electron chi connectivity index (χ0n) is 14.1. The summed E-state index contributed by atoms with van der Waals surface area (Å²) in [5.74, 6) is 0.608. The van der Waals surface area contributed by atoms with E-state index in [-0.39, 0.29) is 12.1 Å². The van der Waals surface area contributed by atoms with Crippen LogP contribution in [0.2, 0.25) is 0 Å². The molecule has 2 N–H and O–H groups in total. The van der Waals surface area contributed by atoms with Gasteiger partial charge in [-0.1, -0.05) is 37.3 Å². The molecule has 2 heterocycles. The average molecular weight is 356 g/mol. The third-order valence-corrected chi connectivity index (χ3v) is 4.40. The van der Waals surface area contributed by atoms with Crippen molar-refractivity contribution in [1.82, 2.24) is 24.5 Å². The minimum absolute atomic E-state index is 0.0955. The summed E-state index contributed by atoms with van der Waals surface area (Å²) in [6.07, 6.45) is 4.51. The van der Waals surface area contributed by atoms with Crippen LogP contribution in [0, 0.1) is 0 Å². The molecule has 0 radical (unpaired) electrons. The number of carbonyl (C=O) groups is 1. The molecule has 0 spiro atoms. The number of rotatable bonds is 6. The smallest absolute Gasteiger partial charge is 0.321 e. The summed E-state index contributed by atoms with van der Waals surface area (Å²) in [5.41, 5.74) is 1.91. The number of carbonyl (C=O) groups excluding carboxylic acids is 1. The van der Waals surface area contributed by atoms with Crippen molar-refractivity contribution < 1.29 is 4.79 Å². The summed E-state index contributed by atoms with van der Waals surface area (Å²) in [7, 11) is 0. The molecule has 0 fully saturated rings. The van der Waals surface area contributed by atoms with Gasteiger partial charge in [-0.05, 0) is 13.3 Å². The molecule has 0 aliphatic rings. The Balaban J connectivity index is 1.63. The van der Waals surface area contributed by atoms with Crippen LogP contribution in [0.25, 0.3) is 11.4 Å². The number of aryl methyl sites for hydroxylation is 1. The molecule has 25 heavy (non-hydrogen) atoms. The van der Waals surface area contributed by atoms with Gasteiger partial charge < -0.3 is 5.32 Å². The molecule has 0 saturated heterocycles. The lowest BCUT2D eigenvalue weighted by molar-refractivity contribution is 0.248. The predicted octanol–water partition coefficient (Wildman–Crippen LogP) is 3.69. The fourth-order valence-electron chi connectivity index (χ4n) is 2.42. The number of nitrogens with one attached hydrogen (secondary N) is 2. The standard InChI is InChI=1S/C17H20N6OS/c1-3-14(13-10-18-23(4-2)11-13)19-16(24)21-17-20-15(22-25-17)12-8-6-5-7-9-12/h5-11,14H,3-4H2,1-2H3,(H2,19,20,21,22,24). The number of aromatic nitrogens is 4. The van der Waals surface area contributed by atoms with Crippen LogP contribution in [-0.4, -0.2) is 25.2 Å². The number of urea groups is 1. The van der Waals surface area contributed by atoms with Gasteiger partial charge in [-0.2, -0.15) is 14.5 Å². The minimum atomic E-state index is -0.299. The highest BCUT2D eigenvalue weighted by Crippen LogP contribution is 2.21. The first-order valence-electron chi connectivity index (χ1n) is 8.18. The first-order chi connectivity index (χ1) is 12.2. The van der Waals surface area contributed by atoms with Crippen LogP contribution in [0.5, 0.6) is 0 Å². The van der Waals surface area contributed by atoms with Crippen molar-refractivity contribution in [2.45, 2.75) is 32.9 Å². The van der Waals surface area contributed by atoms with E-state index in [9.17, 15) is 4.79 Å². The Morgan fingerprint density at radius 2 is 2.08 bits per heavy atom. The second-order valence-electron chi connectivity index (χ2n) is 5.48. The van der Waals surface area contributed by atoms with E-state index in [1.165, 1.54) is 0 Å². The van der Waals surface area contributed by atoms with Crippen LogP contribution < -0.4 is 10.6 Å². The van der Waals surface area contributed by atoms with Gasteiger partial charge in [0.25, 0.3) is 0 Å². The Morgan fingerprint density at radius 3 is 2.76 bits per heavy atom. The van der Waals surface area contributed by atoms with Crippen molar-refractivity contribution in [2.24, 2.45) is 0 Å². The normalized spacial score (nSPS) is 11.9. The van der Waals surface area contributed by atoms with Crippen molar-refractivity contribution in [3.05, 3.63) is 48.3 Å². The highest BCUT2D eigenvalue weighted by Gasteiger charge is 2.16. The van der Waals surface area contributed by atoms with E-state index in [2.05, 4.69) is 25.1 Å². The molecule has 0 bridgehead atoms. The van der Waals surface area contributed by atoms with Crippen LogP contribution in [0.15, 0.2) is 42.7 Å². The Hall–Kier alpha value is -2.74. The maximum atomic E-state index is 12.3. The van der Waals surface area contributed by atoms with Gasteiger partial charge in [0.1, 0.15) is 0 Å². The van der Waals surface area contributed by atoms with E-state index in [0.717, 1.165) is 35.6 Å². The van der Waals surface area contributed by atoms with Gasteiger partial charge in [0.05, 0.1) is 12.2 Å². The van der Waals surface area contributed by atoms with Crippen LogP contribution in [0.4, 0.5) is 9.93 Å². The van der Waals surface area contributed by atoms with E-state index >= 15 is 0 Å². The van der Waals surface area contributed by atoms with E-state index in [1.54, 1.807) is 6.20 Å². The largest absolute Gasteiger partial charge is 0.331 e. The quantitative estimate of drug-likeness (QED) is 0.705. The molecule has 1 atom stereocenters. The van der Waals surface area contributed by atoms with Crippen molar-refractivity contribution in [3.8, 4) is 11.4 Å². The van der Waals surface area contributed by atoms with Gasteiger partial charge >= 0.3 is 6.03 Å². The third-order valence-electron chi connectivity index (χ3n) is 3.77. The lowest BCUT2D eigenvalue weighted by Crippen LogP contribution is -2.32. The van der Waals surface area contributed by atoms with E-state index < -0.39 is 0 Å². The fourth-order valence-corrected chi connectivity index (χ4v) is 3.01. The van der Waals surface area contributed by atoms with Crippen LogP contribution >= 0.6 is 11.5 Å². The molecule has 3 aromatic rings. The highest BCUT2D eigenvalue weighted by atomic mass is 32.1. The van der Waals surface area contributed by atoms with Gasteiger partial charge in [-0.25, -0.2) is 4.79 Å². The number of nitrogens with zero attached hydrogens (tertiary/aromatic N) is 4. The average Bonchev–Trinajstić information content (AvgIpc) is 3.30. The molecule has 0 saturated carbocycles. The van der Waals surface area contributed by atoms with Gasteiger partial charge in [0.15, 0.2) is 5.82 Å². The number of hydrogen-bond acceptors (Lipinski definition) is 5. The summed E-state index contributed by atoms with van der Waals surface area (Å²) in [5, 5.41) is 10.4. The third kappa shape index (κ3) is 4.21. The molecule has 2 amide bonds. The van der Waals surface area contributed by atoms with Crippen LogP contribution in [0.3, 0.4) is 0 Å². The minimum Gasteiger partial charge on any atom is -0.331 e. The van der Waals surface area contributed by atoms with Gasteiger partial charge in [-0.15, -0.1) is 0 Å². The molecular formula is C17H20N6OS. The number of hydrogen-bond donors (Lipinski definition) is 2. The van der Waals surface area contributed by atoms with Crippen LogP contribution in [0.1, 0.15) is 31.9 Å². The summed E-state index contributed by atoms with van der Waals surface area (Å²) in [4.78, 5) is 16.6. The van der Waals surface area contributed by atoms with Gasteiger partial charge in [-0.3, -0.25) is 10.00 Å². The van der Waals surface area contributed by atoms with Crippen molar-refractivity contribution in [1.29, 1.82) is 0 Å². The van der Waals surface area contributed by atoms with Crippen molar-refractivity contribution >= 4 is 22.7 Å². The SMILES string of the molecule is CCC(NC(=O)Nc1nc(-c2ccccc2)ns1)c1cnn(CC)c1. The maximum Gasteiger partial charge on any atom is 0.321 e. The zero-order valence-corrected chi connectivity index (χ0v) is 15.0. The summed E-state index contributed by atoms with van der Waals surface area (Å²) >= 11 is 1.16. The van der Waals surface area contributed by atoms with Crippen molar-refractivity contribution in [2.75, 3.05) is 5.32 Å². The topological polar surface area (TPSA) is 84.7 Å². The molecule has 0 aliphatic carbocycles. The lowest BCUT2D eigenvalue weighted by atomic mass is 10.1. The van der Waals surface area contributed by atoms with E-state index in [4.69, 9.17) is 0 Å². The molecular weight excluding hydrogens is 336 g/mol. The van der Waals surface area contributed by atoms with Gasteiger partial charge in [0.2, 0.25) is 5.13 Å². The number of anilines is 1. The van der Waals surface area contributed by atoms with E-state index in [1.807, 2.05) is 55.1 Å². The molecule has 1 unspecified atom stereocenters. The predicted molar refractivity (Wildman–Crippen MR) is 98.4 cm³/mol. The summed E-state index contributed by atoms with van der Waals surface area (Å²) in [6, 6.07) is 9.27. The highest BCUT2D eigenvalue weighted by molar-refractivity contribution is 7.10. The molecule has 2 aromatic heterocycles. The second-order valence-corrected chi connectivity index (χ2v) is 6.23. The molecule has 0 aliphatic heterocycles. The molecule has 130 valence electrons. The molecule has 1 aromatic carbocycles. The van der Waals surface area contributed by atoms with Gasteiger partial charge in [0, 0.05) is 35.4 Å². The summed E-state index contributed by atoms with van der Waals surface area (Å²) < 4.78 is 6.13. The zero-order chi connectivity index (χ0) is 17.6. The molecule has 3 rings (SSSR count). The Kier molecular flexibility index (Phi) is 5.39. The number of amides is 2. The first kappa shape index (κ1) is 17.1. The fraction of sp³-hybridized carbons (Fsp3) is 0.294. The number of benzene rings is 1. The lowest BCUT2D eigenvalue weighted by Gasteiger charge is -2.15. The second kappa shape index (κ2) is 7.89. The monoisotopic (exact) mass is 356 g/mol. The molecule has 7 nitrogen and oxygen atoms in total. The summed E-state index contributed by atoms with van der Waals surface area (Å²) in [6.45, 7) is 4.85. The van der Waals surface area contributed by atoms with Crippen LogP contribution in [-0.2, 0) is 6.54 Å². The van der Waals surface area contributed by atoms with E-state index in [0.29, 0.717) is 11.0 Å². The van der Waals surface area contributed by atoms with Crippen molar-refractivity contribution in [3.63, 3.8) is 0 Å². The maximum absolute atomic E-state index is 12.3. The Morgan fingerprint density at radius 1 is 1.28 bits per heavy atom.